The van der Waals surface area contributed by atoms with Gasteiger partial charge in [-0.05, 0) is 54.2 Å². The summed E-state index contributed by atoms with van der Waals surface area (Å²) in [5.74, 6) is -0.390. The number of para-hydroxylation sites is 1. The summed E-state index contributed by atoms with van der Waals surface area (Å²) in [6, 6.07) is 8.70. The molecule has 0 bridgehead atoms. The van der Waals surface area contributed by atoms with E-state index in [9.17, 15) is 14.4 Å². The predicted molar refractivity (Wildman–Crippen MR) is 104 cm³/mol. The molecule has 1 aromatic carbocycles. The summed E-state index contributed by atoms with van der Waals surface area (Å²) in [4.78, 5) is 37.4. The van der Waals surface area contributed by atoms with Crippen LogP contribution in [0.2, 0.25) is 0 Å². The Bertz CT molecular complexity index is 925. The van der Waals surface area contributed by atoms with E-state index in [1.54, 1.807) is 0 Å². The van der Waals surface area contributed by atoms with E-state index in [-0.39, 0.29) is 11.7 Å². The molecule has 1 aliphatic heterocycles. The fourth-order valence-electron chi connectivity index (χ4n) is 3.60. The highest BCUT2D eigenvalue weighted by atomic mass is 32.2. The maximum Gasteiger partial charge on any atom is 0.344 e. The second kappa shape index (κ2) is 7.82. The number of nitrogens with one attached hydrogen (secondary N) is 2. The molecule has 4 amide bonds. The maximum atomic E-state index is 12.8. The first-order chi connectivity index (χ1) is 14.0. The van der Waals surface area contributed by atoms with Crippen molar-refractivity contribution < 1.29 is 14.4 Å². The average molecular weight is 415 g/mol. The van der Waals surface area contributed by atoms with Crippen LogP contribution in [-0.2, 0) is 9.59 Å². The zero-order valence-corrected chi connectivity index (χ0v) is 16.7. The second-order valence-corrected chi connectivity index (χ2v) is 8.31. The zero-order chi connectivity index (χ0) is 20.4. The highest BCUT2D eigenvalue weighted by Crippen LogP contribution is 2.35. The molecule has 2 aromatic rings. The molecule has 1 aromatic heterocycles. The van der Waals surface area contributed by atoms with Crippen molar-refractivity contribution in [1.29, 1.82) is 0 Å². The van der Waals surface area contributed by atoms with Crippen molar-refractivity contribution in [3.05, 3.63) is 30.3 Å². The molecule has 2 heterocycles. The molecule has 11 heteroatoms. The average Bonchev–Trinajstić information content (AvgIpc) is 3.28. The van der Waals surface area contributed by atoms with E-state index in [1.165, 1.54) is 4.68 Å². The number of amides is 4. The summed E-state index contributed by atoms with van der Waals surface area (Å²) in [6.07, 6.45) is 2.91. The minimum Gasteiger partial charge on any atom is -0.322 e. The van der Waals surface area contributed by atoms with Crippen LogP contribution >= 0.6 is 11.8 Å². The largest absolute Gasteiger partial charge is 0.344 e. The van der Waals surface area contributed by atoms with E-state index in [4.69, 9.17) is 0 Å². The Hall–Kier alpha value is -2.95. The highest BCUT2D eigenvalue weighted by molar-refractivity contribution is 7.99. The van der Waals surface area contributed by atoms with Crippen LogP contribution in [0.15, 0.2) is 35.5 Å². The zero-order valence-electron chi connectivity index (χ0n) is 15.9. The highest BCUT2D eigenvalue weighted by Gasteiger charge is 2.52. The molecule has 10 nitrogen and oxygen atoms in total. The van der Waals surface area contributed by atoms with Crippen LogP contribution in [0.1, 0.15) is 32.6 Å². The van der Waals surface area contributed by atoms with Gasteiger partial charge in [0.1, 0.15) is 5.54 Å². The van der Waals surface area contributed by atoms with Gasteiger partial charge < -0.3 is 5.32 Å². The van der Waals surface area contributed by atoms with Crippen molar-refractivity contribution in [1.82, 2.24) is 36.0 Å². The summed E-state index contributed by atoms with van der Waals surface area (Å²) in [6.45, 7) is 2.13. The SMILES string of the molecule is CC1CCC2(CC1)NC(=O)N(NC(=O)CSc1nnnn1-c1ccccc1)C2=O. The van der Waals surface area contributed by atoms with Crippen molar-refractivity contribution >= 4 is 29.6 Å². The normalized spacial score (nSPS) is 24.0. The smallest absolute Gasteiger partial charge is 0.322 e. The van der Waals surface area contributed by atoms with E-state index < -0.39 is 17.5 Å². The number of urea groups is 1. The van der Waals surface area contributed by atoms with Crippen LogP contribution in [0.25, 0.3) is 5.69 Å². The fourth-order valence-corrected chi connectivity index (χ4v) is 4.29. The molecule has 1 saturated heterocycles. The van der Waals surface area contributed by atoms with E-state index in [1.807, 2.05) is 30.3 Å². The minimum atomic E-state index is -0.887. The lowest BCUT2D eigenvalue weighted by molar-refractivity contribution is -0.139. The van der Waals surface area contributed by atoms with Gasteiger partial charge in [-0.15, -0.1) is 5.10 Å². The summed E-state index contributed by atoms with van der Waals surface area (Å²) < 4.78 is 1.52. The molecule has 1 aliphatic carbocycles. The molecule has 152 valence electrons. The van der Waals surface area contributed by atoms with Gasteiger partial charge in [-0.1, -0.05) is 36.9 Å². The molecule has 0 atom stereocenters. The minimum absolute atomic E-state index is 0.0473. The van der Waals surface area contributed by atoms with Crippen molar-refractivity contribution in [3.63, 3.8) is 0 Å². The number of carbonyl (C=O) groups is 3. The van der Waals surface area contributed by atoms with Crippen molar-refractivity contribution in [2.45, 2.75) is 43.3 Å². The number of hydrogen-bond acceptors (Lipinski definition) is 7. The lowest BCUT2D eigenvalue weighted by atomic mass is 9.77. The number of thioether (sulfide) groups is 1. The van der Waals surface area contributed by atoms with Crippen LogP contribution in [-0.4, -0.2) is 54.4 Å². The number of hydrazine groups is 1. The van der Waals surface area contributed by atoms with Gasteiger partial charge in [-0.25, -0.2) is 4.79 Å². The molecular weight excluding hydrogens is 394 g/mol. The number of hydrogen-bond donors (Lipinski definition) is 2. The van der Waals surface area contributed by atoms with Crippen LogP contribution in [0.5, 0.6) is 0 Å². The van der Waals surface area contributed by atoms with Gasteiger partial charge >= 0.3 is 6.03 Å². The van der Waals surface area contributed by atoms with Gasteiger partial charge in [0.15, 0.2) is 0 Å². The van der Waals surface area contributed by atoms with E-state index >= 15 is 0 Å². The molecular formula is C18H21N7O3S. The fraction of sp³-hybridized carbons (Fsp3) is 0.444. The van der Waals surface area contributed by atoms with E-state index in [0.717, 1.165) is 35.3 Å². The number of nitrogens with zero attached hydrogens (tertiary/aromatic N) is 5. The van der Waals surface area contributed by atoms with Crippen molar-refractivity contribution in [2.75, 3.05) is 5.75 Å². The maximum absolute atomic E-state index is 12.8. The van der Waals surface area contributed by atoms with Gasteiger partial charge in [-0.3, -0.25) is 15.0 Å². The number of carbonyl (C=O) groups excluding carboxylic acids is 3. The summed E-state index contributed by atoms with van der Waals surface area (Å²) in [5.41, 5.74) is 2.30. The lowest BCUT2D eigenvalue weighted by Crippen LogP contribution is -2.51. The first kappa shape index (κ1) is 19.4. The van der Waals surface area contributed by atoms with Gasteiger partial charge in [0.25, 0.3) is 5.91 Å². The monoisotopic (exact) mass is 415 g/mol. The Morgan fingerprint density at radius 3 is 2.72 bits per heavy atom. The first-order valence-corrected chi connectivity index (χ1v) is 10.4. The molecule has 2 fully saturated rings. The number of rotatable bonds is 5. The van der Waals surface area contributed by atoms with Gasteiger partial charge in [0, 0.05) is 0 Å². The van der Waals surface area contributed by atoms with Crippen LogP contribution in [0, 0.1) is 5.92 Å². The molecule has 0 radical (unpaired) electrons. The van der Waals surface area contributed by atoms with Crippen LogP contribution < -0.4 is 10.7 Å². The molecule has 4 rings (SSSR count). The Labute approximate surface area is 171 Å². The number of tetrazole rings is 1. The first-order valence-electron chi connectivity index (χ1n) is 9.41. The van der Waals surface area contributed by atoms with E-state index in [0.29, 0.717) is 23.9 Å². The quantitative estimate of drug-likeness (QED) is 0.557. The standard InChI is InChI=1S/C18H21N7O3S/c1-12-7-9-18(10-8-12)15(27)25(16(28)19-18)21-14(26)11-29-17-20-22-23-24(17)13-5-3-2-4-6-13/h2-6,12H,7-11H2,1H3,(H,19,28)(H,21,26). The van der Waals surface area contributed by atoms with Gasteiger partial charge in [0.05, 0.1) is 11.4 Å². The predicted octanol–water partition coefficient (Wildman–Crippen LogP) is 1.29. The number of aromatic nitrogens is 4. The summed E-state index contributed by atoms with van der Waals surface area (Å²) in [5, 5.41) is 15.5. The Morgan fingerprint density at radius 1 is 1.28 bits per heavy atom. The second-order valence-electron chi connectivity index (χ2n) is 7.37. The third-order valence-corrected chi connectivity index (χ3v) is 6.22. The van der Waals surface area contributed by atoms with Crippen molar-refractivity contribution in [2.24, 2.45) is 5.92 Å². The molecule has 0 unspecified atom stereocenters. The third kappa shape index (κ3) is 3.82. The molecule has 1 spiro atoms. The summed E-state index contributed by atoms with van der Waals surface area (Å²) >= 11 is 1.11. The summed E-state index contributed by atoms with van der Waals surface area (Å²) in [7, 11) is 0. The molecule has 2 N–H and O–H groups in total. The van der Waals surface area contributed by atoms with Crippen molar-refractivity contribution in [3.8, 4) is 5.69 Å². The van der Waals surface area contributed by atoms with E-state index in [2.05, 4.69) is 33.2 Å². The Balaban J connectivity index is 1.37. The lowest BCUT2D eigenvalue weighted by Gasteiger charge is -2.33. The van der Waals surface area contributed by atoms with Gasteiger partial charge in [0.2, 0.25) is 11.1 Å². The van der Waals surface area contributed by atoms with Crippen LogP contribution in [0.4, 0.5) is 4.79 Å². The topological polar surface area (TPSA) is 122 Å². The Morgan fingerprint density at radius 2 is 2.00 bits per heavy atom. The number of benzene rings is 1. The molecule has 1 saturated carbocycles. The van der Waals surface area contributed by atoms with Gasteiger partial charge in [-0.2, -0.15) is 9.69 Å². The molecule has 29 heavy (non-hydrogen) atoms. The molecule has 2 aliphatic rings. The van der Waals surface area contributed by atoms with Crippen LogP contribution in [0.3, 0.4) is 0 Å². The number of imide groups is 1. The third-order valence-electron chi connectivity index (χ3n) is 5.30. The Kier molecular flexibility index (Phi) is 5.22.